The van der Waals surface area contributed by atoms with Gasteiger partial charge in [0.05, 0.1) is 0 Å². The first-order valence-electron chi connectivity index (χ1n) is 7.30. The number of terminal acetylenes is 2. The molecular formula is C21H22O3. The molecule has 0 aliphatic rings. The van der Waals surface area contributed by atoms with E-state index in [1.54, 1.807) is 0 Å². The Morgan fingerprint density at radius 1 is 0.792 bits per heavy atom. The molecule has 0 N–H and O–H groups in total. The molecular weight excluding hydrogens is 300 g/mol. The lowest BCUT2D eigenvalue weighted by atomic mass is 10.3. The van der Waals surface area contributed by atoms with Crippen molar-refractivity contribution in [1.82, 2.24) is 0 Å². The molecule has 0 aliphatic heterocycles. The van der Waals surface area contributed by atoms with Crippen LogP contribution in [0, 0.1) is 24.7 Å². The van der Waals surface area contributed by atoms with Gasteiger partial charge >= 0.3 is 0 Å². The highest BCUT2D eigenvalue weighted by Crippen LogP contribution is 2.07. The Labute approximate surface area is 144 Å². The molecule has 3 heteroatoms. The number of rotatable bonds is 4. The average Bonchev–Trinajstić information content (AvgIpc) is 2.60. The van der Waals surface area contributed by atoms with Gasteiger partial charge < -0.3 is 14.3 Å². The molecule has 0 unspecified atom stereocenters. The van der Waals surface area contributed by atoms with Crippen LogP contribution >= 0.6 is 0 Å². The second-order valence-corrected chi connectivity index (χ2v) is 4.52. The molecule has 24 heavy (non-hydrogen) atoms. The van der Waals surface area contributed by atoms with Crippen molar-refractivity contribution in [2.24, 2.45) is 0 Å². The fourth-order valence-electron chi connectivity index (χ4n) is 1.28. The highest BCUT2D eigenvalue weighted by molar-refractivity contribution is 5.72. The molecule has 0 saturated carbocycles. The Morgan fingerprint density at radius 3 is 1.33 bits per heavy atom. The van der Waals surface area contributed by atoms with Gasteiger partial charge in [-0.1, -0.05) is 48.2 Å². The number of ether oxygens (including phenoxy) is 2. The Kier molecular flexibility index (Phi) is 12.8. The molecule has 2 rings (SSSR count). The normalized spacial score (nSPS) is 8.00. The Balaban J connectivity index is 0.000000363. The maximum atomic E-state index is 9.44. The smallest absolute Gasteiger partial charge is 0.148 e. The fraction of sp³-hybridized carbons (Fsp3) is 0.190. The molecule has 3 nitrogen and oxygen atoms in total. The maximum Gasteiger partial charge on any atom is 0.148 e. The van der Waals surface area contributed by atoms with Crippen LogP contribution < -0.4 is 9.47 Å². The van der Waals surface area contributed by atoms with Gasteiger partial charge in [0.25, 0.3) is 0 Å². The van der Waals surface area contributed by atoms with Crippen molar-refractivity contribution in [1.29, 1.82) is 0 Å². The van der Waals surface area contributed by atoms with E-state index in [2.05, 4.69) is 11.8 Å². The predicted octanol–water partition coefficient (Wildman–Crippen LogP) is 3.99. The van der Waals surface area contributed by atoms with E-state index in [-0.39, 0.29) is 5.78 Å². The van der Waals surface area contributed by atoms with Gasteiger partial charge in [-0.15, -0.1) is 12.8 Å². The third-order valence-electron chi connectivity index (χ3n) is 2.13. The van der Waals surface area contributed by atoms with Crippen LogP contribution in [0.2, 0.25) is 0 Å². The van der Waals surface area contributed by atoms with E-state index in [9.17, 15) is 4.79 Å². The van der Waals surface area contributed by atoms with E-state index in [0.717, 1.165) is 11.5 Å². The van der Waals surface area contributed by atoms with Crippen LogP contribution in [0.3, 0.4) is 0 Å². The van der Waals surface area contributed by atoms with E-state index < -0.39 is 0 Å². The van der Waals surface area contributed by atoms with E-state index in [1.165, 1.54) is 13.8 Å². The molecule has 0 heterocycles. The number of carbonyl (C=O) groups excluding carboxylic acids is 1. The summed E-state index contributed by atoms with van der Waals surface area (Å²) in [4.78, 5) is 9.44. The SMILES string of the molecule is C#CCOc1ccccc1.C#CCOc1ccccc1.CC(C)=O. The largest absolute Gasteiger partial charge is 0.481 e. The van der Waals surface area contributed by atoms with Crippen molar-refractivity contribution in [2.75, 3.05) is 13.2 Å². The van der Waals surface area contributed by atoms with Crippen molar-refractivity contribution in [3.63, 3.8) is 0 Å². The third kappa shape index (κ3) is 13.8. The van der Waals surface area contributed by atoms with E-state index >= 15 is 0 Å². The van der Waals surface area contributed by atoms with E-state index in [0.29, 0.717) is 13.2 Å². The monoisotopic (exact) mass is 322 g/mol. The number of Topliss-reactive ketones (excluding diaryl/α,β-unsaturated/α-hetero) is 1. The van der Waals surface area contributed by atoms with Crippen LogP contribution in [0.4, 0.5) is 0 Å². The standard InChI is InChI=1S/2C9H8O.C3H6O/c2*1-2-8-10-9-6-4-3-5-7-9;1-3(2)4/h2*1,3-7H,8H2;1-2H3. The van der Waals surface area contributed by atoms with Crippen LogP contribution in [0.25, 0.3) is 0 Å². The second-order valence-electron chi connectivity index (χ2n) is 4.52. The van der Waals surface area contributed by atoms with Gasteiger partial charge in [-0.25, -0.2) is 0 Å². The van der Waals surface area contributed by atoms with Crippen molar-refractivity contribution in [3.8, 4) is 36.2 Å². The zero-order valence-corrected chi connectivity index (χ0v) is 14.1. The molecule has 0 atom stereocenters. The quantitative estimate of drug-likeness (QED) is 0.798. The zero-order chi connectivity index (χ0) is 18.0. The minimum atomic E-state index is 0.167. The Bertz CT molecular complexity index is 577. The summed E-state index contributed by atoms with van der Waals surface area (Å²) >= 11 is 0. The summed E-state index contributed by atoms with van der Waals surface area (Å²) in [6.45, 7) is 3.73. The van der Waals surface area contributed by atoms with Crippen LogP contribution in [-0.4, -0.2) is 19.0 Å². The van der Waals surface area contributed by atoms with Crippen LogP contribution in [0.5, 0.6) is 11.5 Å². The summed E-state index contributed by atoms with van der Waals surface area (Å²) < 4.78 is 10.2. The molecule has 0 spiro atoms. The zero-order valence-electron chi connectivity index (χ0n) is 14.1. The number of hydrogen-bond donors (Lipinski definition) is 0. The molecule has 0 aromatic heterocycles. The van der Waals surface area contributed by atoms with Gasteiger partial charge in [-0.3, -0.25) is 0 Å². The highest BCUT2D eigenvalue weighted by atomic mass is 16.5. The lowest BCUT2D eigenvalue weighted by Crippen LogP contribution is -1.91. The predicted molar refractivity (Wildman–Crippen MR) is 97.9 cm³/mol. The lowest BCUT2D eigenvalue weighted by Gasteiger charge is -1.98. The van der Waals surface area contributed by atoms with Gasteiger partial charge in [0, 0.05) is 0 Å². The van der Waals surface area contributed by atoms with Gasteiger partial charge in [-0.05, 0) is 38.1 Å². The topological polar surface area (TPSA) is 35.5 Å². The fourth-order valence-corrected chi connectivity index (χ4v) is 1.28. The van der Waals surface area contributed by atoms with Crippen LogP contribution in [0.1, 0.15) is 13.8 Å². The Hall–Kier alpha value is -3.17. The first kappa shape index (κ1) is 20.8. The summed E-state index contributed by atoms with van der Waals surface area (Å²) in [5, 5.41) is 0. The number of para-hydroxylation sites is 2. The number of carbonyl (C=O) groups is 1. The lowest BCUT2D eigenvalue weighted by molar-refractivity contribution is -0.114. The summed E-state index contributed by atoms with van der Waals surface area (Å²) in [7, 11) is 0. The summed E-state index contributed by atoms with van der Waals surface area (Å²) in [6.07, 6.45) is 10.0. The third-order valence-corrected chi connectivity index (χ3v) is 2.13. The first-order chi connectivity index (χ1) is 11.6. The average molecular weight is 322 g/mol. The first-order valence-corrected chi connectivity index (χ1v) is 7.30. The van der Waals surface area contributed by atoms with E-state index in [1.807, 2.05) is 60.7 Å². The number of hydrogen-bond acceptors (Lipinski definition) is 3. The molecule has 2 aromatic rings. The van der Waals surface area contributed by atoms with Crippen LogP contribution in [0.15, 0.2) is 60.7 Å². The van der Waals surface area contributed by atoms with Gasteiger partial charge in [0.15, 0.2) is 0 Å². The van der Waals surface area contributed by atoms with Gasteiger partial charge in [-0.2, -0.15) is 0 Å². The minimum absolute atomic E-state index is 0.167. The van der Waals surface area contributed by atoms with Crippen molar-refractivity contribution >= 4 is 5.78 Å². The summed E-state index contributed by atoms with van der Waals surface area (Å²) in [5.41, 5.74) is 0. The van der Waals surface area contributed by atoms with Gasteiger partial charge in [0.1, 0.15) is 30.5 Å². The molecule has 0 fully saturated rings. The van der Waals surface area contributed by atoms with Crippen molar-refractivity contribution in [2.45, 2.75) is 13.8 Å². The minimum Gasteiger partial charge on any atom is -0.481 e. The van der Waals surface area contributed by atoms with Crippen molar-refractivity contribution in [3.05, 3.63) is 60.7 Å². The maximum absolute atomic E-state index is 9.44. The second kappa shape index (κ2) is 14.8. The molecule has 124 valence electrons. The Morgan fingerprint density at radius 2 is 1.08 bits per heavy atom. The molecule has 0 radical (unpaired) electrons. The number of benzene rings is 2. The molecule has 2 aromatic carbocycles. The molecule has 0 saturated heterocycles. The van der Waals surface area contributed by atoms with Crippen molar-refractivity contribution < 1.29 is 14.3 Å². The number of ketones is 1. The molecule has 0 aliphatic carbocycles. The van der Waals surface area contributed by atoms with E-state index in [4.69, 9.17) is 22.3 Å². The highest BCUT2D eigenvalue weighted by Gasteiger charge is 1.86. The molecule has 0 bridgehead atoms. The summed E-state index contributed by atoms with van der Waals surface area (Å²) in [6, 6.07) is 19.0. The summed E-state index contributed by atoms with van der Waals surface area (Å²) in [5.74, 6) is 6.59. The molecule has 0 amide bonds. The van der Waals surface area contributed by atoms with Crippen LogP contribution in [-0.2, 0) is 4.79 Å². The van der Waals surface area contributed by atoms with Gasteiger partial charge in [0.2, 0.25) is 0 Å².